The van der Waals surface area contributed by atoms with Crippen LogP contribution in [0.15, 0.2) is 65.7 Å². The lowest BCUT2D eigenvalue weighted by molar-refractivity contribution is -0.133. The van der Waals surface area contributed by atoms with E-state index in [9.17, 15) is 9.59 Å². The number of para-hydroxylation sites is 1. The Labute approximate surface area is 134 Å². The van der Waals surface area contributed by atoms with Crippen LogP contribution >= 0.6 is 0 Å². The standard InChI is InChI=1S/C18H18N2O3/c1-12(13(2)18(22)23)17(21)20-16-10-8-15(9-11-16)19-14-6-4-3-5-7-14/h3-11,19H,1-2H3,(H,20,21)(H,22,23)/b13-12-. The minimum absolute atomic E-state index is 0.0323. The lowest BCUT2D eigenvalue weighted by Gasteiger charge is -2.09. The molecule has 0 aliphatic carbocycles. The Kier molecular flexibility index (Phi) is 5.15. The van der Waals surface area contributed by atoms with Crippen molar-refractivity contribution in [2.45, 2.75) is 13.8 Å². The molecule has 0 heterocycles. The Bertz CT molecular complexity index is 735. The maximum Gasteiger partial charge on any atom is 0.331 e. The van der Waals surface area contributed by atoms with Gasteiger partial charge in [-0.05, 0) is 50.2 Å². The zero-order chi connectivity index (χ0) is 16.8. The quantitative estimate of drug-likeness (QED) is 0.734. The molecule has 0 fully saturated rings. The number of hydrogen-bond donors (Lipinski definition) is 3. The van der Waals surface area contributed by atoms with Gasteiger partial charge in [0.05, 0.1) is 0 Å². The Morgan fingerprint density at radius 3 is 1.87 bits per heavy atom. The van der Waals surface area contributed by atoms with E-state index >= 15 is 0 Å². The average Bonchev–Trinajstić information content (AvgIpc) is 2.56. The van der Waals surface area contributed by atoms with E-state index in [-0.39, 0.29) is 11.1 Å². The molecule has 2 rings (SSSR count). The molecule has 5 heteroatoms. The van der Waals surface area contributed by atoms with Crippen LogP contribution in [0.3, 0.4) is 0 Å². The fourth-order valence-electron chi connectivity index (χ4n) is 1.88. The molecule has 0 unspecified atom stereocenters. The summed E-state index contributed by atoms with van der Waals surface area (Å²) in [5.41, 5.74) is 2.68. The summed E-state index contributed by atoms with van der Waals surface area (Å²) in [6, 6.07) is 16.9. The summed E-state index contributed by atoms with van der Waals surface area (Å²) in [6.45, 7) is 2.90. The highest BCUT2D eigenvalue weighted by Crippen LogP contribution is 2.19. The first kappa shape index (κ1) is 16.3. The van der Waals surface area contributed by atoms with Crippen molar-refractivity contribution in [2.75, 3.05) is 10.6 Å². The molecule has 118 valence electrons. The molecule has 1 amide bonds. The second-order valence-corrected chi connectivity index (χ2v) is 5.08. The second kappa shape index (κ2) is 7.26. The van der Waals surface area contributed by atoms with Crippen molar-refractivity contribution in [1.29, 1.82) is 0 Å². The molecule has 0 aromatic heterocycles. The monoisotopic (exact) mass is 310 g/mol. The molecule has 0 aliphatic heterocycles. The molecular weight excluding hydrogens is 292 g/mol. The summed E-state index contributed by atoms with van der Waals surface area (Å²) < 4.78 is 0. The Hall–Kier alpha value is -3.08. The summed E-state index contributed by atoms with van der Waals surface area (Å²) in [6.07, 6.45) is 0. The lowest BCUT2D eigenvalue weighted by Crippen LogP contribution is -2.16. The van der Waals surface area contributed by atoms with Gasteiger partial charge < -0.3 is 15.7 Å². The molecule has 0 spiro atoms. The maximum absolute atomic E-state index is 12.0. The van der Waals surface area contributed by atoms with Crippen molar-refractivity contribution in [3.05, 3.63) is 65.7 Å². The lowest BCUT2D eigenvalue weighted by atomic mass is 10.1. The Balaban J connectivity index is 2.04. The fraction of sp³-hybridized carbons (Fsp3) is 0.111. The van der Waals surface area contributed by atoms with Crippen LogP contribution in [0.5, 0.6) is 0 Å². The number of rotatable bonds is 5. The van der Waals surface area contributed by atoms with Crippen molar-refractivity contribution < 1.29 is 14.7 Å². The van der Waals surface area contributed by atoms with Crippen LogP contribution in [-0.4, -0.2) is 17.0 Å². The van der Waals surface area contributed by atoms with E-state index in [0.29, 0.717) is 5.69 Å². The number of hydrogen-bond acceptors (Lipinski definition) is 3. The zero-order valence-corrected chi connectivity index (χ0v) is 13.0. The largest absolute Gasteiger partial charge is 0.478 e. The number of amides is 1. The molecule has 0 atom stereocenters. The van der Waals surface area contributed by atoms with Gasteiger partial charge in [0.25, 0.3) is 5.91 Å². The van der Waals surface area contributed by atoms with Gasteiger partial charge in [-0.1, -0.05) is 18.2 Å². The van der Waals surface area contributed by atoms with Crippen LogP contribution in [0, 0.1) is 0 Å². The van der Waals surface area contributed by atoms with E-state index < -0.39 is 11.9 Å². The number of anilines is 3. The summed E-state index contributed by atoms with van der Waals surface area (Å²) >= 11 is 0. The Morgan fingerprint density at radius 2 is 1.30 bits per heavy atom. The maximum atomic E-state index is 12.0. The van der Waals surface area contributed by atoms with Gasteiger partial charge in [-0.25, -0.2) is 4.79 Å². The predicted molar refractivity (Wildman–Crippen MR) is 90.8 cm³/mol. The third kappa shape index (κ3) is 4.44. The molecule has 0 bridgehead atoms. The molecule has 2 aromatic carbocycles. The number of carbonyl (C=O) groups is 2. The summed E-state index contributed by atoms with van der Waals surface area (Å²) in [7, 11) is 0. The van der Waals surface area contributed by atoms with E-state index in [0.717, 1.165) is 11.4 Å². The highest BCUT2D eigenvalue weighted by molar-refractivity contribution is 6.08. The smallest absolute Gasteiger partial charge is 0.331 e. The van der Waals surface area contributed by atoms with Crippen LogP contribution in [0.2, 0.25) is 0 Å². The van der Waals surface area contributed by atoms with E-state index in [1.54, 1.807) is 12.1 Å². The minimum atomic E-state index is -1.10. The first-order valence-corrected chi connectivity index (χ1v) is 7.11. The van der Waals surface area contributed by atoms with Gasteiger partial charge in [0.15, 0.2) is 0 Å². The van der Waals surface area contributed by atoms with Crippen molar-refractivity contribution >= 4 is 28.9 Å². The van der Waals surface area contributed by atoms with Gasteiger partial charge in [-0.15, -0.1) is 0 Å². The fourth-order valence-corrected chi connectivity index (χ4v) is 1.88. The first-order chi connectivity index (χ1) is 11.0. The Morgan fingerprint density at radius 1 is 0.783 bits per heavy atom. The van der Waals surface area contributed by atoms with E-state index in [1.165, 1.54) is 13.8 Å². The highest BCUT2D eigenvalue weighted by Gasteiger charge is 2.12. The van der Waals surface area contributed by atoms with Crippen molar-refractivity contribution in [2.24, 2.45) is 0 Å². The van der Waals surface area contributed by atoms with Crippen LogP contribution in [-0.2, 0) is 9.59 Å². The number of aliphatic carboxylic acids is 1. The molecule has 3 N–H and O–H groups in total. The second-order valence-electron chi connectivity index (χ2n) is 5.08. The van der Waals surface area contributed by atoms with Crippen LogP contribution in [0.25, 0.3) is 0 Å². The topological polar surface area (TPSA) is 78.4 Å². The van der Waals surface area contributed by atoms with E-state index in [2.05, 4.69) is 10.6 Å². The summed E-state index contributed by atoms with van der Waals surface area (Å²) in [4.78, 5) is 22.9. The number of carboxylic acids is 1. The molecule has 0 saturated heterocycles. The molecule has 5 nitrogen and oxygen atoms in total. The average molecular weight is 310 g/mol. The third-order valence-corrected chi connectivity index (χ3v) is 3.43. The number of nitrogens with one attached hydrogen (secondary N) is 2. The van der Waals surface area contributed by atoms with Gasteiger partial charge in [0.1, 0.15) is 0 Å². The van der Waals surface area contributed by atoms with Gasteiger partial charge in [0, 0.05) is 28.2 Å². The van der Waals surface area contributed by atoms with Crippen molar-refractivity contribution in [1.82, 2.24) is 0 Å². The van der Waals surface area contributed by atoms with Gasteiger partial charge in [-0.2, -0.15) is 0 Å². The van der Waals surface area contributed by atoms with Gasteiger partial charge in [-0.3, -0.25) is 4.79 Å². The summed E-state index contributed by atoms with van der Waals surface area (Å²) in [5, 5.41) is 14.8. The van der Waals surface area contributed by atoms with E-state index in [4.69, 9.17) is 5.11 Å². The predicted octanol–water partition coefficient (Wildman–Crippen LogP) is 3.79. The first-order valence-electron chi connectivity index (χ1n) is 7.11. The molecule has 23 heavy (non-hydrogen) atoms. The van der Waals surface area contributed by atoms with Crippen LogP contribution in [0.1, 0.15) is 13.8 Å². The van der Waals surface area contributed by atoms with Gasteiger partial charge >= 0.3 is 5.97 Å². The SMILES string of the molecule is C/C(C(=O)O)=C(\C)C(=O)Nc1ccc(Nc2ccccc2)cc1. The zero-order valence-electron chi connectivity index (χ0n) is 13.0. The summed E-state index contributed by atoms with van der Waals surface area (Å²) in [5.74, 6) is -1.52. The van der Waals surface area contributed by atoms with Gasteiger partial charge in [0.2, 0.25) is 0 Å². The molecule has 2 aromatic rings. The minimum Gasteiger partial charge on any atom is -0.478 e. The van der Waals surface area contributed by atoms with Crippen LogP contribution in [0.4, 0.5) is 17.1 Å². The van der Waals surface area contributed by atoms with E-state index in [1.807, 2.05) is 42.5 Å². The van der Waals surface area contributed by atoms with Crippen molar-refractivity contribution in [3.63, 3.8) is 0 Å². The normalized spacial score (nSPS) is 11.4. The number of carbonyl (C=O) groups excluding carboxylic acids is 1. The molecule has 0 radical (unpaired) electrons. The molecule has 0 aliphatic rings. The number of carboxylic acid groups (broad SMARTS) is 1. The molecular formula is C18H18N2O3. The highest BCUT2D eigenvalue weighted by atomic mass is 16.4. The van der Waals surface area contributed by atoms with Crippen molar-refractivity contribution in [3.8, 4) is 0 Å². The number of benzene rings is 2. The third-order valence-electron chi connectivity index (χ3n) is 3.43. The van der Waals surface area contributed by atoms with Crippen LogP contribution < -0.4 is 10.6 Å². The molecule has 0 saturated carbocycles.